The summed E-state index contributed by atoms with van der Waals surface area (Å²) in [5.41, 5.74) is 1.62. The van der Waals surface area contributed by atoms with E-state index in [0.29, 0.717) is 43.3 Å². The zero-order valence-corrected chi connectivity index (χ0v) is 18.0. The molecular weight excluding hydrogens is 396 g/mol. The molecule has 2 saturated heterocycles. The van der Waals surface area contributed by atoms with Crippen LogP contribution in [0.15, 0.2) is 46.4 Å². The van der Waals surface area contributed by atoms with E-state index in [-0.39, 0.29) is 11.3 Å². The monoisotopic (exact) mass is 424 g/mol. The van der Waals surface area contributed by atoms with Crippen molar-refractivity contribution in [1.82, 2.24) is 9.80 Å². The first-order chi connectivity index (χ1) is 15.0. The zero-order chi connectivity index (χ0) is 22.0. The Hall–Kier alpha value is -2.90. The smallest absolute Gasteiger partial charge is 0.295 e. The van der Waals surface area contributed by atoms with E-state index in [4.69, 9.17) is 9.15 Å². The molecule has 1 atom stereocenters. The number of hydrogen-bond acceptors (Lipinski definition) is 6. The number of furan rings is 1. The number of nitrogens with zero attached hydrogens (tertiary/aromatic N) is 2. The number of rotatable bonds is 6. The van der Waals surface area contributed by atoms with Crippen molar-refractivity contribution in [2.24, 2.45) is 0 Å². The van der Waals surface area contributed by atoms with E-state index in [2.05, 4.69) is 4.90 Å². The van der Waals surface area contributed by atoms with Crippen LogP contribution in [0.3, 0.4) is 0 Å². The first-order valence-corrected chi connectivity index (χ1v) is 10.7. The van der Waals surface area contributed by atoms with Gasteiger partial charge in [0.25, 0.3) is 11.7 Å². The van der Waals surface area contributed by atoms with Crippen LogP contribution in [0, 0.1) is 13.8 Å². The molecule has 0 bridgehead atoms. The number of amides is 1. The number of aryl methyl sites for hydroxylation is 2. The largest absolute Gasteiger partial charge is 0.507 e. The molecule has 2 aromatic rings. The number of carbonyl (C=O) groups is 2. The fraction of sp³-hybridized carbons (Fsp3) is 0.417. The molecule has 1 aromatic heterocycles. The number of ether oxygens (including phenoxy) is 1. The predicted octanol–water partition coefficient (Wildman–Crippen LogP) is 3.04. The second kappa shape index (κ2) is 9.08. The molecule has 4 rings (SSSR count). The van der Waals surface area contributed by atoms with Gasteiger partial charge in [-0.25, -0.2) is 0 Å². The van der Waals surface area contributed by atoms with E-state index >= 15 is 0 Å². The average Bonchev–Trinajstić information content (AvgIpc) is 3.30. The number of likely N-dealkylation sites (tertiary alicyclic amines) is 1. The number of hydrogen-bond donors (Lipinski definition) is 1. The van der Waals surface area contributed by atoms with Crippen molar-refractivity contribution >= 4 is 17.4 Å². The van der Waals surface area contributed by atoms with Gasteiger partial charge in [-0.2, -0.15) is 0 Å². The summed E-state index contributed by atoms with van der Waals surface area (Å²) in [6.07, 6.45) is 0.716. The van der Waals surface area contributed by atoms with E-state index in [9.17, 15) is 14.7 Å². The van der Waals surface area contributed by atoms with Crippen LogP contribution in [0.4, 0.5) is 0 Å². The highest BCUT2D eigenvalue weighted by molar-refractivity contribution is 6.46. The fourth-order valence-electron chi connectivity index (χ4n) is 4.16. The molecule has 0 radical (unpaired) electrons. The minimum atomic E-state index is -0.736. The lowest BCUT2D eigenvalue weighted by Crippen LogP contribution is -2.38. The average molecular weight is 424 g/mol. The van der Waals surface area contributed by atoms with Gasteiger partial charge >= 0.3 is 0 Å². The van der Waals surface area contributed by atoms with E-state index in [0.717, 1.165) is 25.2 Å². The SMILES string of the molecule is Cc1ccc(/C(O)=C2/C(=O)C(=O)N(CCCN3CCOCC3)C2c2ccc(C)o2)cc1. The Labute approximate surface area is 181 Å². The molecule has 1 N–H and O–H groups in total. The molecule has 1 amide bonds. The maximum atomic E-state index is 13.0. The quantitative estimate of drug-likeness (QED) is 0.436. The van der Waals surface area contributed by atoms with Gasteiger partial charge in [0.1, 0.15) is 23.3 Å². The molecule has 31 heavy (non-hydrogen) atoms. The Morgan fingerprint density at radius 2 is 1.74 bits per heavy atom. The molecule has 0 spiro atoms. The molecule has 7 heteroatoms. The number of morpholine rings is 1. The van der Waals surface area contributed by atoms with E-state index < -0.39 is 17.7 Å². The molecule has 1 unspecified atom stereocenters. The summed E-state index contributed by atoms with van der Waals surface area (Å²) in [5, 5.41) is 11.0. The normalized spacial score (nSPS) is 21.7. The topological polar surface area (TPSA) is 83.2 Å². The van der Waals surface area contributed by atoms with Crippen LogP contribution in [-0.4, -0.2) is 66.0 Å². The molecule has 2 aliphatic heterocycles. The van der Waals surface area contributed by atoms with Crippen LogP contribution in [0.5, 0.6) is 0 Å². The molecule has 0 saturated carbocycles. The number of aliphatic hydroxyl groups is 1. The third-order valence-corrected chi connectivity index (χ3v) is 5.87. The third-order valence-electron chi connectivity index (χ3n) is 5.87. The highest BCUT2D eigenvalue weighted by Gasteiger charge is 2.47. The number of benzene rings is 1. The first kappa shape index (κ1) is 21.3. The van der Waals surface area contributed by atoms with Gasteiger partial charge in [0.15, 0.2) is 0 Å². The minimum Gasteiger partial charge on any atom is -0.507 e. The Balaban J connectivity index is 1.64. The van der Waals surface area contributed by atoms with Gasteiger partial charge in [0.2, 0.25) is 0 Å². The summed E-state index contributed by atoms with van der Waals surface area (Å²) in [4.78, 5) is 29.7. The summed E-state index contributed by atoms with van der Waals surface area (Å²) in [6.45, 7) is 8.14. The molecule has 1 aromatic carbocycles. The number of aliphatic hydroxyl groups excluding tert-OH is 1. The van der Waals surface area contributed by atoms with E-state index in [1.807, 2.05) is 26.0 Å². The van der Waals surface area contributed by atoms with Crippen LogP contribution >= 0.6 is 0 Å². The molecule has 7 nitrogen and oxygen atoms in total. The van der Waals surface area contributed by atoms with Crippen LogP contribution in [0.2, 0.25) is 0 Å². The van der Waals surface area contributed by atoms with Gasteiger partial charge in [-0.1, -0.05) is 29.8 Å². The highest BCUT2D eigenvalue weighted by atomic mass is 16.5. The van der Waals surface area contributed by atoms with Gasteiger partial charge in [-0.05, 0) is 32.4 Å². The molecule has 3 heterocycles. The maximum absolute atomic E-state index is 13.0. The van der Waals surface area contributed by atoms with E-state index in [1.54, 1.807) is 24.3 Å². The summed E-state index contributed by atoms with van der Waals surface area (Å²) in [6, 6.07) is 10.1. The highest BCUT2D eigenvalue weighted by Crippen LogP contribution is 2.40. The molecule has 2 aliphatic rings. The summed E-state index contributed by atoms with van der Waals surface area (Å²) in [7, 11) is 0. The Morgan fingerprint density at radius 1 is 1.03 bits per heavy atom. The second-order valence-corrected chi connectivity index (χ2v) is 8.11. The lowest BCUT2D eigenvalue weighted by Gasteiger charge is -2.28. The third kappa shape index (κ3) is 4.43. The molecule has 0 aliphatic carbocycles. The molecular formula is C24H28N2O5. The standard InChI is InChI=1S/C24H28N2O5/c1-16-4-7-18(8-5-16)22(27)20-21(19-9-6-17(2)31-19)26(24(29)23(20)28)11-3-10-25-12-14-30-15-13-25/h4-9,21,27H,3,10-15H2,1-2H3/b22-20-. The van der Waals surface area contributed by atoms with Crippen LogP contribution in [0.25, 0.3) is 5.76 Å². The van der Waals surface area contributed by atoms with Crippen molar-refractivity contribution in [3.05, 3.63) is 64.6 Å². The second-order valence-electron chi connectivity index (χ2n) is 8.11. The van der Waals surface area contributed by atoms with Crippen LogP contribution in [0.1, 0.15) is 35.1 Å². The Morgan fingerprint density at radius 3 is 2.39 bits per heavy atom. The minimum absolute atomic E-state index is 0.0783. The fourth-order valence-corrected chi connectivity index (χ4v) is 4.16. The Bertz CT molecular complexity index is 986. The van der Waals surface area contributed by atoms with Crippen LogP contribution < -0.4 is 0 Å². The number of Topliss-reactive ketones (excluding diaryl/α,β-unsaturated/α-hetero) is 1. The van der Waals surface area contributed by atoms with E-state index in [1.165, 1.54) is 4.90 Å². The van der Waals surface area contributed by atoms with Crippen molar-refractivity contribution in [1.29, 1.82) is 0 Å². The summed E-state index contributed by atoms with van der Waals surface area (Å²) >= 11 is 0. The van der Waals surface area contributed by atoms with Crippen molar-refractivity contribution in [3.8, 4) is 0 Å². The van der Waals surface area contributed by atoms with Crippen molar-refractivity contribution < 1.29 is 23.8 Å². The number of carbonyl (C=O) groups excluding carboxylic acids is 2. The maximum Gasteiger partial charge on any atom is 0.295 e. The lowest BCUT2D eigenvalue weighted by atomic mass is 9.99. The summed E-state index contributed by atoms with van der Waals surface area (Å²) in [5.74, 6) is -0.285. The van der Waals surface area contributed by atoms with Crippen molar-refractivity contribution in [2.75, 3.05) is 39.4 Å². The molecule has 2 fully saturated rings. The molecule has 164 valence electrons. The van der Waals surface area contributed by atoms with Crippen molar-refractivity contribution in [2.45, 2.75) is 26.3 Å². The van der Waals surface area contributed by atoms with Gasteiger partial charge in [0, 0.05) is 31.7 Å². The van der Waals surface area contributed by atoms with Gasteiger partial charge in [-0.3, -0.25) is 14.5 Å². The van der Waals surface area contributed by atoms with Gasteiger partial charge in [-0.15, -0.1) is 0 Å². The Kier molecular flexibility index (Phi) is 6.25. The lowest BCUT2D eigenvalue weighted by molar-refractivity contribution is -0.140. The van der Waals surface area contributed by atoms with Gasteiger partial charge in [0.05, 0.1) is 18.8 Å². The summed E-state index contributed by atoms with van der Waals surface area (Å²) < 4.78 is 11.2. The predicted molar refractivity (Wildman–Crippen MR) is 116 cm³/mol. The number of ketones is 1. The van der Waals surface area contributed by atoms with Crippen LogP contribution in [-0.2, 0) is 14.3 Å². The zero-order valence-electron chi connectivity index (χ0n) is 18.0. The van der Waals surface area contributed by atoms with Crippen molar-refractivity contribution in [3.63, 3.8) is 0 Å². The first-order valence-electron chi connectivity index (χ1n) is 10.7. The van der Waals surface area contributed by atoms with Gasteiger partial charge < -0.3 is 19.2 Å².